The summed E-state index contributed by atoms with van der Waals surface area (Å²) in [7, 11) is 0. The Balaban J connectivity index is 1.55. The lowest BCUT2D eigenvalue weighted by molar-refractivity contribution is -0.121. The largest absolute Gasteiger partial charge is 0.378 e. The first-order chi connectivity index (χ1) is 13.7. The van der Waals surface area contributed by atoms with Crippen LogP contribution in [0.4, 0.5) is 17.7 Å². The van der Waals surface area contributed by atoms with Crippen LogP contribution in [-0.4, -0.2) is 83.2 Å². The number of carbonyl (C=O) groups excluding carboxylic acids is 1. The Morgan fingerprint density at radius 2 is 1.86 bits per heavy atom. The molecule has 3 aliphatic rings. The lowest BCUT2D eigenvalue weighted by Crippen LogP contribution is -2.58. The van der Waals surface area contributed by atoms with Gasteiger partial charge in [-0.3, -0.25) is 4.79 Å². The highest BCUT2D eigenvalue weighted by molar-refractivity contribution is 5.73. The number of nitrogen functional groups attached to an aromatic ring is 1. The second-order valence-corrected chi connectivity index (χ2v) is 7.26. The summed E-state index contributed by atoms with van der Waals surface area (Å²) in [5, 5.41) is 0. The molecule has 28 heavy (non-hydrogen) atoms. The van der Waals surface area contributed by atoms with Crippen LogP contribution in [0.5, 0.6) is 0 Å². The van der Waals surface area contributed by atoms with Crippen molar-refractivity contribution in [3.8, 4) is 11.3 Å². The summed E-state index contributed by atoms with van der Waals surface area (Å²) in [6.45, 7) is 5.21. The van der Waals surface area contributed by atoms with Gasteiger partial charge in [-0.2, -0.15) is 4.98 Å². The Labute approximate surface area is 162 Å². The number of hydrogen-bond donors (Lipinski definition) is 1. The standard InChI is InChI=1S/C18H22N8O2/c19-17-20-7-12(8-21-17)15-14-1-2-26(13-9-24(10-13)11-27)16(14)23-18(22-15)25-3-5-28-6-4-25/h7-8,11,13H,1-6,9-10H2,(H2,19,20,21). The van der Waals surface area contributed by atoms with Crippen molar-refractivity contribution < 1.29 is 9.53 Å². The lowest BCUT2D eigenvalue weighted by atomic mass is 10.1. The van der Waals surface area contributed by atoms with Crippen molar-refractivity contribution in [2.75, 3.05) is 61.5 Å². The summed E-state index contributed by atoms with van der Waals surface area (Å²) in [6.07, 6.45) is 5.20. The number of rotatable bonds is 4. The van der Waals surface area contributed by atoms with Gasteiger partial charge in [0.1, 0.15) is 5.82 Å². The van der Waals surface area contributed by atoms with Crippen molar-refractivity contribution in [1.29, 1.82) is 0 Å². The van der Waals surface area contributed by atoms with Crippen LogP contribution in [0.2, 0.25) is 0 Å². The van der Waals surface area contributed by atoms with E-state index in [1.54, 1.807) is 17.3 Å². The monoisotopic (exact) mass is 382 g/mol. The number of fused-ring (bicyclic) bond motifs is 1. The molecular formula is C18H22N8O2. The fourth-order valence-corrected chi connectivity index (χ4v) is 4.00. The Morgan fingerprint density at radius 3 is 2.57 bits per heavy atom. The molecule has 0 aromatic carbocycles. The van der Waals surface area contributed by atoms with Gasteiger partial charge in [0, 0.05) is 56.2 Å². The quantitative estimate of drug-likeness (QED) is 0.703. The van der Waals surface area contributed by atoms with Crippen molar-refractivity contribution in [3.63, 3.8) is 0 Å². The average molecular weight is 382 g/mol. The molecule has 0 atom stereocenters. The zero-order valence-electron chi connectivity index (χ0n) is 15.5. The van der Waals surface area contributed by atoms with E-state index in [1.165, 1.54) is 0 Å². The van der Waals surface area contributed by atoms with Gasteiger partial charge < -0.3 is 25.2 Å². The fraction of sp³-hybridized carbons (Fsp3) is 0.500. The van der Waals surface area contributed by atoms with Crippen LogP contribution in [0.1, 0.15) is 5.56 Å². The molecule has 10 heteroatoms. The topological polar surface area (TPSA) is 114 Å². The highest BCUT2D eigenvalue weighted by Gasteiger charge is 2.37. The average Bonchev–Trinajstić information content (AvgIpc) is 3.12. The molecule has 2 saturated heterocycles. The van der Waals surface area contributed by atoms with Gasteiger partial charge in [0.05, 0.1) is 24.9 Å². The normalized spacial score (nSPS) is 19.5. The van der Waals surface area contributed by atoms with Crippen LogP contribution < -0.4 is 15.5 Å². The van der Waals surface area contributed by atoms with Crippen molar-refractivity contribution in [3.05, 3.63) is 18.0 Å². The maximum absolute atomic E-state index is 11.0. The minimum Gasteiger partial charge on any atom is -0.378 e. The highest BCUT2D eigenvalue weighted by atomic mass is 16.5. The van der Waals surface area contributed by atoms with Crippen LogP contribution >= 0.6 is 0 Å². The van der Waals surface area contributed by atoms with E-state index in [2.05, 4.69) is 19.8 Å². The molecule has 2 aromatic rings. The van der Waals surface area contributed by atoms with Crippen molar-refractivity contribution in [2.24, 2.45) is 0 Å². The van der Waals surface area contributed by atoms with Gasteiger partial charge in [-0.05, 0) is 6.42 Å². The molecular weight excluding hydrogens is 360 g/mol. The van der Waals surface area contributed by atoms with Gasteiger partial charge in [-0.15, -0.1) is 0 Å². The van der Waals surface area contributed by atoms with Crippen LogP contribution in [-0.2, 0) is 16.0 Å². The molecule has 2 N–H and O–H groups in total. The van der Waals surface area contributed by atoms with Crippen LogP contribution in [0.25, 0.3) is 11.3 Å². The first-order valence-electron chi connectivity index (χ1n) is 9.50. The molecule has 0 saturated carbocycles. The number of morpholine rings is 1. The number of hydrogen-bond acceptors (Lipinski definition) is 9. The molecule has 5 heterocycles. The van der Waals surface area contributed by atoms with E-state index in [4.69, 9.17) is 20.4 Å². The Hall–Kier alpha value is -3.01. The van der Waals surface area contributed by atoms with E-state index in [1.807, 2.05) is 0 Å². The van der Waals surface area contributed by atoms with Crippen LogP contribution in [0.15, 0.2) is 12.4 Å². The third-order valence-electron chi connectivity index (χ3n) is 5.57. The summed E-state index contributed by atoms with van der Waals surface area (Å²) in [5.41, 5.74) is 8.47. The summed E-state index contributed by atoms with van der Waals surface area (Å²) in [4.78, 5) is 35.3. The highest BCUT2D eigenvalue weighted by Crippen LogP contribution is 2.37. The van der Waals surface area contributed by atoms with Gasteiger partial charge in [0.2, 0.25) is 18.3 Å². The van der Waals surface area contributed by atoms with Crippen LogP contribution in [0, 0.1) is 0 Å². The molecule has 3 aliphatic heterocycles. The number of aromatic nitrogens is 4. The summed E-state index contributed by atoms with van der Waals surface area (Å²) in [6, 6.07) is 0.300. The SMILES string of the molecule is Nc1ncc(-c2nc(N3CCOCC3)nc3c2CCN3C2CN(C=O)C2)cn1. The van der Waals surface area contributed by atoms with Gasteiger partial charge in [-0.1, -0.05) is 0 Å². The van der Waals surface area contributed by atoms with E-state index in [-0.39, 0.29) is 5.95 Å². The second kappa shape index (κ2) is 6.86. The van der Waals surface area contributed by atoms with Crippen LogP contribution in [0.3, 0.4) is 0 Å². The number of likely N-dealkylation sites (tertiary alicyclic amines) is 1. The molecule has 2 aromatic heterocycles. The third-order valence-corrected chi connectivity index (χ3v) is 5.57. The number of carbonyl (C=O) groups is 1. The summed E-state index contributed by atoms with van der Waals surface area (Å²) in [5.74, 6) is 1.90. The maximum Gasteiger partial charge on any atom is 0.228 e. The van der Waals surface area contributed by atoms with E-state index >= 15 is 0 Å². The predicted octanol–water partition coefficient (Wildman–Crippen LogP) is -0.444. The molecule has 10 nitrogen and oxygen atoms in total. The molecule has 0 aliphatic carbocycles. The first-order valence-corrected chi connectivity index (χ1v) is 9.50. The van der Waals surface area contributed by atoms with E-state index < -0.39 is 0 Å². The van der Waals surface area contributed by atoms with E-state index in [9.17, 15) is 4.79 Å². The zero-order chi connectivity index (χ0) is 19.1. The van der Waals surface area contributed by atoms with E-state index in [0.29, 0.717) is 25.2 Å². The van der Waals surface area contributed by atoms with Gasteiger partial charge in [0.15, 0.2) is 0 Å². The molecule has 0 radical (unpaired) electrons. The molecule has 146 valence electrons. The second-order valence-electron chi connectivity index (χ2n) is 7.26. The Bertz CT molecular complexity index is 878. The molecule has 0 bridgehead atoms. The minimum atomic E-state index is 0.243. The van der Waals surface area contributed by atoms with Gasteiger partial charge in [0.25, 0.3) is 0 Å². The third kappa shape index (κ3) is 2.89. The number of ether oxygens (including phenoxy) is 1. The molecule has 2 fully saturated rings. The Morgan fingerprint density at radius 1 is 1.11 bits per heavy atom. The smallest absolute Gasteiger partial charge is 0.228 e. The predicted molar refractivity (Wildman–Crippen MR) is 103 cm³/mol. The summed E-state index contributed by atoms with van der Waals surface area (Å²) >= 11 is 0. The van der Waals surface area contributed by atoms with Crippen molar-refractivity contribution >= 4 is 24.1 Å². The molecule has 5 rings (SSSR count). The van der Waals surface area contributed by atoms with Crippen molar-refractivity contribution in [2.45, 2.75) is 12.5 Å². The van der Waals surface area contributed by atoms with E-state index in [0.717, 1.165) is 68.2 Å². The fourth-order valence-electron chi connectivity index (χ4n) is 4.00. The zero-order valence-corrected chi connectivity index (χ0v) is 15.5. The maximum atomic E-state index is 11.0. The molecule has 0 spiro atoms. The molecule has 1 amide bonds. The first kappa shape index (κ1) is 17.1. The number of amides is 1. The number of nitrogens with two attached hydrogens (primary N) is 1. The van der Waals surface area contributed by atoms with Crippen molar-refractivity contribution in [1.82, 2.24) is 24.8 Å². The lowest BCUT2D eigenvalue weighted by Gasteiger charge is -2.42. The number of nitrogens with zero attached hydrogens (tertiary/aromatic N) is 7. The summed E-state index contributed by atoms with van der Waals surface area (Å²) < 4.78 is 5.47. The molecule has 0 unspecified atom stereocenters. The number of anilines is 3. The minimum absolute atomic E-state index is 0.243. The Kier molecular flexibility index (Phi) is 4.19. The van der Waals surface area contributed by atoms with Gasteiger partial charge >= 0.3 is 0 Å². The van der Waals surface area contributed by atoms with Gasteiger partial charge in [-0.25, -0.2) is 15.0 Å².